The Balaban J connectivity index is 2.52. The smallest absolute Gasteiger partial charge is 0.0588 e. The highest BCUT2D eigenvalue weighted by atomic mass is 35.5. The lowest BCUT2D eigenvalue weighted by atomic mass is 9.88. The molecule has 0 heterocycles. The minimum absolute atomic E-state index is 0.253. The molecule has 0 bridgehead atoms. The monoisotopic (exact) mass is 194 g/mol. The average molecular weight is 195 g/mol. The van der Waals surface area contributed by atoms with Gasteiger partial charge in [-0.3, -0.25) is 0 Å². The van der Waals surface area contributed by atoms with Crippen molar-refractivity contribution in [3.05, 3.63) is 34.4 Å². The summed E-state index contributed by atoms with van der Waals surface area (Å²) in [6.07, 6.45) is 3.58. The van der Waals surface area contributed by atoms with Gasteiger partial charge in [0, 0.05) is 0 Å². The van der Waals surface area contributed by atoms with Crippen molar-refractivity contribution in [3.63, 3.8) is 0 Å². The van der Waals surface area contributed by atoms with Crippen LogP contribution < -0.4 is 0 Å². The van der Waals surface area contributed by atoms with E-state index in [1.807, 2.05) is 0 Å². The van der Waals surface area contributed by atoms with Gasteiger partial charge in [0.25, 0.3) is 0 Å². The summed E-state index contributed by atoms with van der Waals surface area (Å²) in [7, 11) is 0. The molecule has 0 amide bonds. The number of hydrogen-bond acceptors (Lipinski definition) is 0. The van der Waals surface area contributed by atoms with Crippen molar-refractivity contribution < 1.29 is 0 Å². The van der Waals surface area contributed by atoms with Crippen LogP contribution in [-0.2, 0) is 6.42 Å². The second-order valence-corrected chi connectivity index (χ2v) is 4.52. The maximum atomic E-state index is 6.27. The topological polar surface area (TPSA) is 0 Å². The molecule has 0 saturated heterocycles. The third kappa shape index (κ3) is 1.60. The number of rotatable bonds is 0. The van der Waals surface area contributed by atoms with Crippen molar-refractivity contribution in [1.82, 2.24) is 0 Å². The summed E-state index contributed by atoms with van der Waals surface area (Å²) in [6.45, 7) is 4.33. The minimum atomic E-state index is 0.253. The summed E-state index contributed by atoms with van der Waals surface area (Å²) in [5.41, 5.74) is 5.60. The number of hydrogen-bond donors (Lipinski definition) is 0. The van der Waals surface area contributed by atoms with Crippen LogP contribution in [0.2, 0.25) is 0 Å². The molecule has 1 aromatic carbocycles. The van der Waals surface area contributed by atoms with Crippen LogP contribution in [0.1, 0.15) is 40.5 Å². The third-order valence-electron chi connectivity index (χ3n) is 3.00. The molecule has 0 nitrogen and oxygen atoms in total. The summed E-state index contributed by atoms with van der Waals surface area (Å²) in [5.74, 6) is 0. The van der Waals surface area contributed by atoms with Crippen LogP contribution in [0.15, 0.2) is 12.1 Å². The number of aryl methyl sites for hydroxylation is 3. The van der Waals surface area contributed by atoms with Crippen molar-refractivity contribution in [2.24, 2.45) is 0 Å². The maximum Gasteiger partial charge on any atom is 0.0588 e. The first kappa shape index (κ1) is 9.08. The Bertz CT molecular complexity index is 328. The zero-order valence-electron chi connectivity index (χ0n) is 8.23. The molecule has 0 N–H and O–H groups in total. The highest BCUT2D eigenvalue weighted by Gasteiger charge is 2.18. The molecule has 0 radical (unpaired) electrons. The molecule has 1 aromatic rings. The van der Waals surface area contributed by atoms with E-state index < -0.39 is 0 Å². The number of benzene rings is 1. The Morgan fingerprint density at radius 1 is 1.23 bits per heavy atom. The van der Waals surface area contributed by atoms with Crippen molar-refractivity contribution in [3.8, 4) is 0 Å². The molecule has 70 valence electrons. The second kappa shape index (κ2) is 3.34. The molecule has 0 spiro atoms. The predicted molar refractivity (Wildman–Crippen MR) is 57.4 cm³/mol. The lowest BCUT2D eigenvalue weighted by molar-refractivity contribution is 0.666. The number of halogens is 1. The fourth-order valence-corrected chi connectivity index (χ4v) is 2.39. The van der Waals surface area contributed by atoms with E-state index in [4.69, 9.17) is 11.6 Å². The Morgan fingerprint density at radius 3 is 2.69 bits per heavy atom. The van der Waals surface area contributed by atoms with E-state index in [-0.39, 0.29) is 5.38 Å². The van der Waals surface area contributed by atoms with Gasteiger partial charge in [0.2, 0.25) is 0 Å². The Labute approximate surface area is 84.9 Å². The van der Waals surface area contributed by atoms with Gasteiger partial charge in [-0.1, -0.05) is 12.1 Å². The van der Waals surface area contributed by atoms with Crippen LogP contribution >= 0.6 is 11.6 Å². The van der Waals surface area contributed by atoms with E-state index in [0.29, 0.717) is 0 Å². The molecule has 1 atom stereocenters. The summed E-state index contributed by atoms with van der Waals surface area (Å²) in [5, 5.41) is 0.253. The first-order valence-electron chi connectivity index (χ1n) is 4.92. The van der Waals surface area contributed by atoms with Crippen molar-refractivity contribution in [2.75, 3.05) is 0 Å². The van der Waals surface area contributed by atoms with Gasteiger partial charge >= 0.3 is 0 Å². The number of fused-ring (bicyclic) bond motifs is 1. The highest BCUT2D eigenvalue weighted by molar-refractivity contribution is 6.21. The van der Waals surface area contributed by atoms with Crippen LogP contribution in [0.5, 0.6) is 0 Å². The van der Waals surface area contributed by atoms with Gasteiger partial charge in [0.05, 0.1) is 5.38 Å². The molecule has 1 unspecified atom stereocenters. The molecular weight excluding hydrogens is 180 g/mol. The van der Waals surface area contributed by atoms with Gasteiger partial charge in [0.15, 0.2) is 0 Å². The van der Waals surface area contributed by atoms with Gasteiger partial charge in [-0.2, -0.15) is 0 Å². The Hall–Kier alpha value is -0.490. The first-order chi connectivity index (χ1) is 6.18. The van der Waals surface area contributed by atoms with E-state index in [0.717, 1.165) is 6.42 Å². The standard InChI is InChI=1S/C12H15Cl/c1-8-6-10-4-3-5-12(13)11(10)7-9(8)2/h6-7,12H,3-5H2,1-2H3. The van der Waals surface area contributed by atoms with Crippen LogP contribution in [0.25, 0.3) is 0 Å². The number of alkyl halides is 1. The van der Waals surface area contributed by atoms with E-state index >= 15 is 0 Å². The van der Waals surface area contributed by atoms with Crippen molar-refractivity contribution in [1.29, 1.82) is 0 Å². The second-order valence-electron chi connectivity index (χ2n) is 4.00. The molecule has 13 heavy (non-hydrogen) atoms. The molecule has 1 aliphatic rings. The van der Waals surface area contributed by atoms with Gasteiger partial charge in [-0.25, -0.2) is 0 Å². The minimum Gasteiger partial charge on any atom is -0.118 e. The van der Waals surface area contributed by atoms with Crippen molar-refractivity contribution >= 4 is 11.6 Å². The maximum absolute atomic E-state index is 6.27. The summed E-state index contributed by atoms with van der Waals surface area (Å²) < 4.78 is 0. The quantitative estimate of drug-likeness (QED) is 0.550. The fourth-order valence-electron chi connectivity index (χ4n) is 2.03. The molecule has 1 aliphatic carbocycles. The lowest BCUT2D eigenvalue weighted by Gasteiger charge is -2.22. The molecule has 1 heteroatoms. The zero-order chi connectivity index (χ0) is 9.42. The molecular formula is C12H15Cl. The van der Waals surface area contributed by atoms with Crippen LogP contribution in [0.4, 0.5) is 0 Å². The predicted octanol–water partition coefficient (Wildman–Crippen LogP) is 3.92. The summed E-state index contributed by atoms with van der Waals surface area (Å²) in [4.78, 5) is 0. The summed E-state index contributed by atoms with van der Waals surface area (Å²) in [6, 6.07) is 4.57. The third-order valence-corrected chi connectivity index (χ3v) is 3.45. The molecule has 0 fully saturated rings. The van der Waals surface area contributed by atoms with Gasteiger partial charge in [0.1, 0.15) is 0 Å². The average Bonchev–Trinajstić information content (AvgIpc) is 2.09. The molecule has 0 aliphatic heterocycles. The van der Waals surface area contributed by atoms with E-state index in [1.165, 1.54) is 35.1 Å². The molecule has 2 rings (SSSR count). The van der Waals surface area contributed by atoms with Crippen molar-refractivity contribution in [2.45, 2.75) is 38.5 Å². The Morgan fingerprint density at radius 2 is 1.92 bits per heavy atom. The normalized spacial score (nSPS) is 21.3. The zero-order valence-corrected chi connectivity index (χ0v) is 8.99. The molecule has 0 aromatic heterocycles. The van der Waals surface area contributed by atoms with Gasteiger partial charge in [-0.15, -0.1) is 11.6 Å². The lowest BCUT2D eigenvalue weighted by Crippen LogP contribution is -2.06. The molecule has 0 saturated carbocycles. The van der Waals surface area contributed by atoms with Crippen LogP contribution in [0, 0.1) is 13.8 Å². The fraction of sp³-hybridized carbons (Fsp3) is 0.500. The van der Waals surface area contributed by atoms with E-state index in [1.54, 1.807) is 0 Å². The highest BCUT2D eigenvalue weighted by Crippen LogP contribution is 2.35. The first-order valence-corrected chi connectivity index (χ1v) is 5.36. The van der Waals surface area contributed by atoms with Gasteiger partial charge in [-0.05, 0) is 55.4 Å². The SMILES string of the molecule is Cc1cc2c(cc1C)C(Cl)CCC2. The Kier molecular flexibility index (Phi) is 2.33. The largest absolute Gasteiger partial charge is 0.118 e. The van der Waals surface area contributed by atoms with Crippen LogP contribution in [0.3, 0.4) is 0 Å². The van der Waals surface area contributed by atoms with Crippen LogP contribution in [-0.4, -0.2) is 0 Å². The summed E-state index contributed by atoms with van der Waals surface area (Å²) >= 11 is 6.27. The van der Waals surface area contributed by atoms with E-state index in [9.17, 15) is 0 Å². The van der Waals surface area contributed by atoms with E-state index in [2.05, 4.69) is 26.0 Å². The van der Waals surface area contributed by atoms with Gasteiger partial charge < -0.3 is 0 Å².